The van der Waals surface area contributed by atoms with E-state index in [4.69, 9.17) is 14.2 Å². The molecule has 1 aliphatic heterocycles. The van der Waals surface area contributed by atoms with Crippen molar-refractivity contribution in [2.75, 3.05) is 22.9 Å². The molecule has 15 nitrogen and oxygen atoms in total. The molecule has 0 bridgehead atoms. The van der Waals surface area contributed by atoms with Crippen molar-refractivity contribution in [3.05, 3.63) is 60.3 Å². The Kier molecular flexibility index (Phi) is 12.1. The third-order valence-corrected chi connectivity index (χ3v) is 8.45. The molecule has 1 atom stereocenters. The zero-order chi connectivity index (χ0) is 43.0. The number of imide groups is 1. The Morgan fingerprint density at radius 1 is 0.862 bits per heavy atom. The Bertz CT molecular complexity index is 2190. The van der Waals surface area contributed by atoms with Gasteiger partial charge in [0.15, 0.2) is 28.6 Å². The first kappa shape index (κ1) is 43.2. The summed E-state index contributed by atoms with van der Waals surface area (Å²) in [5, 5.41) is 2.65. The lowest BCUT2D eigenvalue weighted by Crippen LogP contribution is -2.60. The highest BCUT2D eigenvalue weighted by molar-refractivity contribution is 6.13. The molecule has 1 unspecified atom stereocenters. The number of amides is 3. The van der Waals surface area contributed by atoms with Crippen LogP contribution in [0.3, 0.4) is 0 Å². The number of carbonyl (C=O) groups is 4. The molecule has 5 rings (SSSR count). The van der Waals surface area contributed by atoms with Gasteiger partial charge in [-0.3, -0.25) is 9.78 Å². The number of alkyl carbamates (subject to hydrolysis) is 1. The molecule has 0 radical (unpaired) electrons. The second-order valence-corrected chi connectivity index (χ2v) is 16.8. The van der Waals surface area contributed by atoms with Crippen LogP contribution in [0.15, 0.2) is 43.1 Å². The number of pyridine rings is 1. The van der Waals surface area contributed by atoms with Gasteiger partial charge in [-0.05, 0) is 99.4 Å². The lowest BCUT2D eigenvalue weighted by Gasteiger charge is -2.44. The number of nitrogens with zero attached hydrogens (tertiary/aromatic N) is 7. The quantitative estimate of drug-likeness (QED) is 0.141. The molecule has 4 aromatic rings. The summed E-state index contributed by atoms with van der Waals surface area (Å²) in [6, 6.07) is 4.38. The molecule has 0 spiro atoms. The second kappa shape index (κ2) is 16.2. The van der Waals surface area contributed by atoms with E-state index in [2.05, 4.69) is 25.3 Å². The number of ether oxygens (including phenoxy) is 3. The number of hydrogen-bond acceptors (Lipinski definition) is 12. The summed E-state index contributed by atoms with van der Waals surface area (Å²) in [4.78, 5) is 73.9. The summed E-state index contributed by atoms with van der Waals surface area (Å²) in [6.45, 7) is 14.5. The van der Waals surface area contributed by atoms with Gasteiger partial charge >= 0.3 is 18.3 Å². The molecule has 0 saturated carbocycles. The number of aromatic nitrogens is 5. The molecule has 58 heavy (non-hydrogen) atoms. The zero-order valence-electron chi connectivity index (χ0n) is 33.7. The summed E-state index contributed by atoms with van der Waals surface area (Å²) in [5.41, 5.74) is -4.66. The van der Waals surface area contributed by atoms with Crippen LogP contribution in [0.2, 0.25) is 0 Å². The third kappa shape index (κ3) is 10.3. The Hall–Kier alpha value is -5.88. The van der Waals surface area contributed by atoms with Gasteiger partial charge in [0.25, 0.3) is 5.91 Å². The number of anilines is 2. The summed E-state index contributed by atoms with van der Waals surface area (Å²) >= 11 is 0. The van der Waals surface area contributed by atoms with E-state index in [1.165, 1.54) is 18.3 Å². The molecule has 0 aliphatic carbocycles. The predicted octanol–water partition coefficient (Wildman–Crippen LogP) is 8.05. The summed E-state index contributed by atoms with van der Waals surface area (Å²) < 4.78 is 74.0. The van der Waals surface area contributed by atoms with Crippen molar-refractivity contribution in [3.63, 3.8) is 0 Å². The molecule has 1 saturated heterocycles. The number of rotatable bonds is 7. The largest absolute Gasteiger partial charge is 0.444 e. The number of carbonyl (C=O) groups excluding carboxylic acids is 4. The van der Waals surface area contributed by atoms with Crippen LogP contribution in [-0.2, 0) is 14.2 Å². The van der Waals surface area contributed by atoms with Crippen LogP contribution < -0.4 is 15.1 Å². The number of imidazole rings is 1. The maximum Gasteiger partial charge on any atom is 0.425 e. The van der Waals surface area contributed by atoms with Crippen molar-refractivity contribution in [2.24, 2.45) is 0 Å². The number of hydrogen-bond donors (Lipinski definition) is 1. The van der Waals surface area contributed by atoms with Gasteiger partial charge in [-0.25, -0.2) is 51.5 Å². The van der Waals surface area contributed by atoms with Gasteiger partial charge in [0, 0.05) is 25.1 Å². The number of fused-ring (bicyclic) bond motifs is 1. The van der Waals surface area contributed by atoms with Crippen molar-refractivity contribution < 1.29 is 51.0 Å². The summed E-state index contributed by atoms with van der Waals surface area (Å²) in [5.74, 6) is -3.44. The molecule has 1 aromatic carbocycles. The first-order valence-corrected chi connectivity index (χ1v) is 18.3. The van der Waals surface area contributed by atoms with Crippen molar-refractivity contribution in [2.45, 2.75) is 110 Å². The summed E-state index contributed by atoms with van der Waals surface area (Å²) in [7, 11) is 0. The van der Waals surface area contributed by atoms with Crippen molar-refractivity contribution in [3.8, 4) is 11.3 Å². The SMILES string of the molecule is CC(C)(C)OC(=O)NC1(CC(F)F)CCCN(c2cnc(-c3ccc(F)c(F)c3)cc2C(=O)n2cnc3c(N(C(=O)OC(C)(C)C)C(=O)OC(C)(C)C)ncnc32)C1. The van der Waals surface area contributed by atoms with Gasteiger partial charge in [-0.2, -0.15) is 4.90 Å². The summed E-state index contributed by atoms with van der Waals surface area (Å²) in [6.07, 6.45) is -2.91. The molecular weight excluding hydrogens is 768 g/mol. The maximum atomic E-state index is 14.8. The molecule has 4 heterocycles. The van der Waals surface area contributed by atoms with E-state index >= 15 is 0 Å². The van der Waals surface area contributed by atoms with Gasteiger partial charge in [-0.1, -0.05) is 0 Å². The molecule has 19 heteroatoms. The third-order valence-electron chi connectivity index (χ3n) is 8.45. The van der Waals surface area contributed by atoms with Crippen LogP contribution in [0.4, 0.5) is 43.5 Å². The Morgan fingerprint density at radius 2 is 1.50 bits per heavy atom. The van der Waals surface area contributed by atoms with E-state index in [9.17, 15) is 36.7 Å². The lowest BCUT2D eigenvalue weighted by molar-refractivity contribution is 0.0340. The minimum Gasteiger partial charge on any atom is -0.444 e. The fraction of sp³-hybridized carbons (Fsp3) is 0.487. The van der Waals surface area contributed by atoms with Crippen molar-refractivity contribution in [1.82, 2.24) is 29.8 Å². The van der Waals surface area contributed by atoms with Crippen LogP contribution in [0.1, 0.15) is 91.9 Å². The smallest absolute Gasteiger partial charge is 0.425 e. The number of halogens is 4. The van der Waals surface area contributed by atoms with Crippen LogP contribution in [0.25, 0.3) is 22.4 Å². The van der Waals surface area contributed by atoms with Crippen molar-refractivity contribution >= 4 is 46.9 Å². The van der Waals surface area contributed by atoms with Crippen LogP contribution in [0.5, 0.6) is 0 Å². The van der Waals surface area contributed by atoms with Crippen molar-refractivity contribution in [1.29, 1.82) is 0 Å². The highest BCUT2D eigenvalue weighted by Crippen LogP contribution is 2.35. The monoisotopic (exact) mass is 814 g/mol. The normalized spacial score (nSPS) is 16.3. The molecule has 1 aliphatic rings. The van der Waals surface area contributed by atoms with E-state index < -0.39 is 71.0 Å². The maximum absolute atomic E-state index is 14.8. The van der Waals surface area contributed by atoms with E-state index in [1.807, 2.05) is 0 Å². The Labute approximate surface area is 332 Å². The molecule has 3 aromatic heterocycles. The highest BCUT2D eigenvalue weighted by atomic mass is 19.3. The van der Waals surface area contributed by atoms with E-state index in [0.29, 0.717) is 11.3 Å². The second-order valence-electron chi connectivity index (χ2n) is 16.8. The molecule has 1 N–H and O–H groups in total. The van der Waals surface area contributed by atoms with Gasteiger partial charge in [0.2, 0.25) is 6.43 Å². The van der Waals surface area contributed by atoms with E-state index in [1.54, 1.807) is 67.2 Å². The van der Waals surface area contributed by atoms with Gasteiger partial charge in [0.05, 0.1) is 28.7 Å². The number of piperidine rings is 1. The average molecular weight is 815 g/mol. The first-order valence-electron chi connectivity index (χ1n) is 18.3. The van der Waals surface area contributed by atoms with Crippen LogP contribution >= 0.6 is 0 Å². The van der Waals surface area contributed by atoms with Crippen LogP contribution in [0, 0.1) is 11.6 Å². The van der Waals surface area contributed by atoms with Crippen LogP contribution in [-0.4, -0.2) is 90.5 Å². The van der Waals surface area contributed by atoms with E-state index in [-0.39, 0.29) is 59.0 Å². The fourth-order valence-electron chi connectivity index (χ4n) is 6.28. The Balaban J connectivity index is 1.64. The standard InChI is InChI=1S/C39H46F4N8O7/c1-36(2,3)56-33(53)48-39(17-28(42)43)13-10-14-49(19-39)27-18-44-26(22-11-12-24(40)25(41)15-22)16-23(27)32(52)50-21-47-29-30(50)45-20-46-31(29)51(34(54)57-37(4,5)6)35(55)58-38(7,8)9/h11-12,15-16,18,20-21,28H,10,13-14,17,19H2,1-9H3,(H,48,53). The topological polar surface area (TPSA) is 171 Å². The number of alkyl halides is 2. The van der Waals surface area contributed by atoms with E-state index in [0.717, 1.165) is 29.4 Å². The van der Waals surface area contributed by atoms with Gasteiger partial charge in [-0.15, -0.1) is 0 Å². The lowest BCUT2D eigenvalue weighted by atomic mass is 9.85. The van der Waals surface area contributed by atoms with Gasteiger partial charge < -0.3 is 24.4 Å². The number of nitrogens with one attached hydrogen (secondary N) is 1. The average Bonchev–Trinajstić information content (AvgIpc) is 3.51. The Morgan fingerprint density at radius 3 is 2.09 bits per heavy atom. The number of benzene rings is 1. The highest BCUT2D eigenvalue weighted by Gasteiger charge is 2.42. The predicted molar refractivity (Wildman–Crippen MR) is 204 cm³/mol. The van der Waals surface area contributed by atoms with Gasteiger partial charge in [0.1, 0.15) is 29.5 Å². The fourth-order valence-corrected chi connectivity index (χ4v) is 6.28. The molecule has 312 valence electrons. The molecule has 1 fully saturated rings. The zero-order valence-corrected chi connectivity index (χ0v) is 33.7. The molecular formula is C39H46F4N8O7. The molecule has 3 amide bonds. The first-order chi connectivity index (χ1) is 26.9. The minimum absolute atomic E-state index is 0.0505. The minimum atomic E-state index is -2.82.